The molecule has 0 N–H and O–H groups in total. The first-order valence-corrected chi connectivity index (χ1v) is 11.0. The van der Waals surface area contributed by atoms with Crippen LogP contribution in [0.15, 0.2) is 70.9 Å². The van der Waals surface area contributed by atoms with Gasteiger partial charge in [0.1, 0.15) is 5.75 Å². The molecule has 144 valence electrons. The lowest BCUT2D eigenvalue weighted by Gasteiger charge is -2.08. The Morgan fingerprint density at radius 3 is 2.71 bits per heavy atom. The molecule has 0 saturated carbocycles. The second-order valence-electron chi connectivity index (χ2n) is 6.23. The zero-order valence-corrected chi connectivity index (χ0v) is 17.3. The van der Waals surface area contributed by atoms with Crippen LogP contribution < -0.4 is 9.54 Å². The Bertz CT molecular complexity index is 1040. The largest absolute Gasteiger partial charge is 0.494 e. The number of hydrogen-bond donors (Lipinski definition) is 0. The van der Waals surface area contributed by atoms with Gasteiger partial charge in [-0.3, -0.25) is 0 Å². The van der Waals surface area contributed by atoms with Gasteiger partial charge in [-0.25, -0.2) is 9.98 Å². The third-order valence-corrected chi connectivity index (χ3v) is 6.06. The molecule has 0 aliphatic carbocycles. The standard InChI is InChI=1S/C21H22N4OS2/c1-2-26-18-8-6-17(7-9-18)23-21-25(12-4-11-24-13-10-22-16-24)19(15-28-21)20-5-3-14-27-20/h3,5-10,13-16H,2,4,11-12H2,1H3. The Labute approximate surface area is 172 Å². The lowest BCUT2D eigenvalue weighted by atomic mass is 10.3. The smallest absolute Gasteiger partial charge is 0.190 e. The predicted molar refractivity (Wildman–Crippen MR) is 115 cm³/mol. The number of thiazole rings is 1. The van der Waals surface area contributed by atoms with Gasteiger partial charge < -0.3 is 13.9 Å². The highest BCUT2D eigenvalue weighted by Gasteiger charge is 2.09. The van der Waals surface area contributed by atoms with Crippen LogP contribution in [-0.2, 0) is 13.1 Å². The first kappa shape index (κ1) is 18.7. The molecular weight excluding hydrogens is 388 g/mol. The van der Waals surface area contributed by atoms with Crippen LogP contribution in [0.4, 0.5) is 5.69 Å². The molecule has 4 rings (SSSR count). The highest BCUT2D eigenvalue weighted by Crippen LogP contribution is 2.26. The number of aryl methyl sites for hydroxylation is 1. The first-order valence-electron chi connectivity index (χ1n) is 9.29. The van der Waals surface area contributed by atoms with Crippen LogP contribution in [0.1, 0.15) is 13.3 Å². The third-order valence-electron chi connectivity index (χ3n) is 4.30. The molecule has 0 saturated heterocycles. The molecule has 4 aromatic rings. The van der Waals surface area contributed by atoms with Gasteiger partial charge in [-0.2, -0.15) is 0 Å². The number of hydrogen-bond acceptors (Lipinski definition) is 5. The van der Waals surface area contributed by atoms with E-state index >= 15 is 0 Å². The number of nitrogens with zero attached hydrogens (tertiary/aromatic N) is 4. The zero-order chi connectivity index (χ0) is 19.2. The number of aromatic nitrogens is 3. The summed E-state index contributed by atoms with van der Waals surface area (Å²) in [5, 5.41) is 4.32. The molecule has 3 aromatic heterocycles. The quantitative estimate of drug-likeness (QED) is 0.401. The molecule has 5 nitrogen and oxygen atoms in total. The maximum atomic E-state index is 5.53. The summed E-state index contributed by atoms with van der Waals surface area (Å²) in [4.78, 5) is 11.3. The van der Waals surface area contributed by atoms with E-state index in [9.17, 15) is 0 Å². The van der Waals surface area contributed by atoms with E-state index in [0.717, 1.165) is 35.7 Å². The number of benzene rings is 1. The van der Waals surface area contributed by atoms with Crippen molar-refractivity contribution in [2.45, 2.75) is 26.4 Å². The fourth-order valence-corrected chi connectivity index (χ4v) is 4.75. The maximum Gasteiger partial charge on any atom is 0.190 e. The molecule has 0 aliphatic heterocycles. The number of rotatable bonds is 8. The number of imidazole rings is 1. The summed E-state index contributed by atoms with van der Waals surface area (Å²) in [6, 6.07) is 12.2. The van der Waals surface area contributed by atoms with E-state index in [1.165, 1.54) is 10.6 Å². The molecule has 28 heavy (non-hydrogen) atoms. The van der Waals surface area contributed by atoms with E-state index in [1.807, 2.05) is 49.9 Å². The summed E-state index contributed by atoms with van der Waals surface area (Å²) >= 11 is 3.45. The fraction of sp³-hybridized carbons (Fsp3) is 0.238. The van der Waals surface area contributed by atoms with Crippen LogP contribution in [0, 0.1) is 0 Å². The minimum Gasteiger partial charge on any atom is -0.494 e. The molecular formula is C21H22N4OS2. The van der Waals surface area contributed by atoms with E-state index in [1.54, 1.807) is 22.7 Å². The second kappa shape index (κ2) is 9.03. The summed E-state index contributed by atoms with van der Waals surface area (Å²) in [6.07, 6.45) is 6.71. The summed E-state index contributed by atoms with van der Waals surface area (Å²) in [5.74, 6) is 0.875. The van der Waals surface area contributed by atoms with Gasteiger partial charge in [0.05, 0.1) is 29.2 Å². The van der Waals surface area contributed by atoms with Crippen molar-refractivity contribution in [3.05, 3.63) is 70.7 Å². The van der Waals surface area contributed by atoms with E-state index in [2.05, 4.69) is 37.0 Å². The molecule has 1 aromatic carbocycles. The minimum absolute atomic E-state index is 0.669. The molecule has 0 unspecified atom stereocenters. The predicted octanol–water partition coefficient (Wildman–Crippen LogP) is 5.20. The SMILES string of the molecule is CCOc1ccc(N=c2scc(-c3cccs3)n2CCCn2ccnc2)cc1. The van der Waals surface area contributed by atoms with E-state index in [0.29, 0.717) is 6.61 Å². The van der Waals surface area contributed by atoms with Gasteiger partial charge in [0.2, 0.25) is 0 Å². The van der Waals surface area contributed by atoms with Crippen LogP contribution in [0.3, 0.4) is 0 Å². The highest BCUT2D eigenvalue weighted by molar-refractivity contribution is 7.14. The molecule has 3 heterocycles. The van der Waals surface area contributed by atoms with Crippen molar-refractivity contribution in [1.82, 2.24) is 14.1 Å². The van der Waals surface area contributed by atoms with Crippen LogP contribution in [-0.4, -0.2) is 20.7 Å². The van der Waals surface area contributed by atoms with Crippen LogP contribution in [0.5, 0.6) is 5.75 Å². The zero-order valence-electron chi connectivity index (χ0n) is 15.7. The molecule has 0 aliphatic rings. The minimum atomic E-state index is 0.669. The lowest BCUT2D eigenvalue weighted by Crippen LogP contribution is -2.16. The molecule has 0 spiro atoms. The second-order valence-corrected chi connectivity index (χ2v) is 8.01. The molecule has 0 bridgehead atoms. The van der Waals surface area contributed by atoms with Crippen molar-refractivity contribution < 1.29 is 4.74 Å². The van der Waals surface area contributed by atoms with Gasteiger partial charge in [-0.15, -0.1) is 22.7 Å². The van der Waals surface area contributed by atoms with Crippen molar-refractivity contribution in [1.29, 1.82) is 0 Å². The van der Waals surface area contributed by atoms with Gasteiger partial charge in [0.25, 0.3) is 0 Å². The summed E-state index contributed by atoms with van der Waals surface area (Å²) < 4.78 is 9.96. The Hall–Kier alpha value is -2.64. The molecule has 0 radical (unpaired) electrons. The molecule has 0 atom stereocenters. The van der Waals surface area contributed by atoms with Crippen molar-refractivity contribution in [2.24, 2.45) is 4.99 Å². The van der Waals surface area contributed by atoms with Crippen LogP contribution >= 0.6 is 22.7 Å². The first-order chi connectivity index (χ1) is 13.8. The summed E-state index contributed by atoms with van der Waals surface area (Å²) in [7, 11) is 0. The Kier molecular flexibility index (Phi) is 6.04. The van der Waals surface area contributed by atoms with Gasteiger partial charge >= 0.3 is 0 Å². The van der Waals surface area contributed by atoms with Crippen LogP contribution in [0.2, 0.25) is 0 Å². The molecule has 7 heteroatoms. The van der Waals surface area contributed by atoms with Crippen molar-refractivity contribution in [3.8, 4) is 16.3 Å². The van der Waals surface area contributed by atoms with Crippen molar-refractivity contribution in [3.63, 3.8) is 0 Å². The monoisotopic (exact) mass is 410 g/mol. The Morgan fingerprint density at radius 2 is 2.00 bits per heavy atom. The molecule has 0 fully saturated rings. The van der Waals surface area contributed by atoms with Gasteiger partial charge in [-0.05, 0) is 49.1 Å². The van der Waals surface area contributed by atoms with E-state index in [4.69, 9.17) is 9.73 Å². The van der Waals surface area contributed by atoms with Crippen LogP contribution in [0.25, 0.3) is 10.6 Å². The lowest BCUT2D eigenvalue weighted by molar-refractivity contribution is 0.340. The summed E-state index contributed by atoms with van der Waals surface area (Å²) in [6.45, 7) is 4.51. The number of thiophene rings is 1. The third kappa shape index (κ3) is 4.43. The average Bonchev–Trinajstić information content (AvgIpc) is 3.46. The van der Waals surface area contributed by atoms with Gasteiger partial charge in [0.15, 0.2) is 4.80 Å². The maximum absolute atomic E-state index is 5.53. The highest BCUT2D eigenvalue weighted by atomic mass is 32.1. The van der Waals surface area contributed by atoms with Crippen molar-refractivity contribution in [2.75, 3.05) is 6.61 Å². The van der Waals surface area contributed by atoms with E-state index in [-0.39, 0.29) is 0 Å². The summed E-state index contributed by atoms with van der Waals surface area (Å²) in [5.41, 5.74) is 2.17. The molecule has 0 amide bonds. The number of ether oxygens (including phenoxy) is 1. The average molecular weight is 411 g/mol. The Morgan fingerprint density at radius 1 is 1.11 bits per heavy atom. The topological polar surface area (TPSA) is 44.3 Å². The van der Waals surface area contributed by atoms with E-state index < -0.39 is 0 Å². The van der Waals surface area contributed by atoms with Crippen molar-refractivity contribution >= 4 is 28.4 Å². The fourth-order valence-electron chi connectivity index (χ4n) is 2.98. The van der Waals surface area contributed by atoms with Gasteiger partial charge in [-0.1, -0.05) is 6.07 Å². The normalized spacial score (nSPS) is 11.8. The Balaban J connectivity index is 1.62. The van der Waals surface area contributed by atoms with Gasteiger partial charge in [0, 0.05) is 30.9 Å².